The van der Waals surface area contributed by atoms with Crippen molar-refractivity contribution in [2.45, 2.75) is 12.5 Å². The zero-order valence-corrected chi connectivity index (χ0v) is 12.9. The van der Waals surface area contributed by atoms with Gasteiger partial charge in [0, 0.05) is 24.7 Å². The molecule has 1 heterocycles. The highest BCUT2D eigenvalue weighted by Gasteiger charge is 2.26. The number of rotatable bonds is 4. The van der Waals surface area contributed by atoms with Crippen LogP contribution in [0.15, 0.2) is 18.2 Å². The van der Waals surface area contributed by atoms with Crippen LogP contribution in [-0.2, 0) is 4.74 Å². The number of hydrogen-bond acceptors (Lipinski definition) is 5. The number of benzene rings is 1. The highest BCUT2D eigenvalue weighted by atomic mass is 32.1. The van der Waals surface area contributed by atoms with Crippen molar-refractivity contribution in [1.29, 1.82) is 0 Å². The number of anilines is 1. The molecule has 0 spiro atoms. The van der Waals surface area contributed by atoms with E-state index in [1.165, 1.54) is 7.11 Å². The standard InChI is InChI=1S/C14H19N3O3S/c1-19-10-3-4-11(13(15)21)12(7-10)17-6-5-9(8-17)16-14(18)20-2/h3-4,7,9H,5-6,8H2,1-2H3,(H2,15,21)(H,16,18). The van der Waals surface area contributed by atoms with Crippen LogP contribution in [0.1, 0.15) is 12.0 Å². The fourth-order valence-corrected chi connectivity index (χ4v) is 2.60. The van der Waals surface area contributed by atoms with Gasteiger partial charge in [-0.15, -0.1) is 0 Å². The van der Waals surface area contributed by atoms with E-state index in [1.807, 2.05) is 18.2 Å². The molecule has 1 aliphatic rings. The largest absolute Gasteiger partial charge is 0.497 e. The van der Waals surface area contributed by atoms with Gasteiger partial charge in [-0.05, 0) is 18.6 Å². The minimum atomic E-state index is -0.415. The van der Waals surface area contributed by atoms with Gasteiger partial charge in [0.2, 0.25) is 0 Å². The number of carbonyl (C=O) groups excluding carboxylic acids is 1. The van der Waals surface area contributed by atoms with Gasteiger partial charge in [0.05, 0.1) is 25.9 Å². The van der Waals surface area contributed by atoms with Gasteiger partial charge in [-0.1, -0.05) is 12.2 Å². The Hall–Kier alpha value is -2.02. The van der Waals surface area contributed by atoms with Crippen LogP contribution < -0.4 is 20.7 Å². The molecule has 2 rings (SSSR count). The number of thiocarbonyl (C=S) groups is 1. The molecule has 0 aromatic heterocycles. The highest BCUT2D eigenvalue weighted by Crippen LogP contribution is 2.29. The number of carbonyl (C=O) groups is 1. The average molecular weight is 309 g/mol. The van der Waals surface area contributed by atoms with Crippen LogP contribution in [-0.4, -0.2) is 44.4 Å². The van der Waals surface area contributed by atoms with Crippen LogP contribution in [0.2, 0.25) is 0 Å². The Morgan fingerprint density at radius 2 is 2.24 bits per heavy atom. The molecule has 0 bridgehead atoms. The third-order valence-corrected chi connectivity index (χ3v) is 3.73. The second-order valence-corrected chi connectivity index (χ2v) is 5.25. The lowest BCUT2D eigenvalue weighted by molar-refractivity contribution is 0.167. The van der Waals surface area contributed by atoms with Crippen molar-refractivity contribution >= 4 is 29.0 Å². The predicted molar refractivity (Wildman–Crippen MR) is 85.0 cm³/mol. The van der Waals surface area contributed by atoms with Gasteiger partial charge in [-0.25, -0.2) is 4.79 Å². The fraction of sp³-hybridized carbons (Fsp3) is 0.429. The Morgan fingerprint density at radius 1 is 1.48 bits per heavy atom. The van der Waals surface area contributed by atoms with E-state index < -0.39 is 6.09 Å². The highest BCUT2D eigenvalue weighted by molar-refractivity contribution is 7.80. The van der Waals surface area contributed by atoms with Gasteiger partial charge < -0.3 is 25.4 Å². The summed E-state index contributed by atoms with van der Waals surface area (Å²) in [7, 11) is 2.97. The van der Waals surface area contributed by atoms with Gasteiger partial charge in [0.1, 0.15) is 10.7 Å². The minimum Gasteiger partial charge on any atom is -0.497 e. The summed E-state index contributed by atoms with van der Waals surface area (Å²) in [5, 5.41) is 2.81. The Bertz CT molecular complexity index is 550. The Labute approximate surface area is 129 Å². The summed E-state index contributed by atoms with van der Waals surface area (Å²) in [6.45, 7) is 1.48. The summed E-state index contributed by atoms with van der Waals surface area (Å²) in [6, 6.07) is 5.65. The maximum absolute atomic E-state index is 11.3. The number of ether oxygens (including phenoxy) is 2. The number of hydrogen-bond donors (Lipinski definition) is 2. The third-order valence-electron chi connectivity index (χ3n) is 3.51. The van der Waals surface area contributed by atoms with E-state index in [0.29, 0.717) is 11.5 Å². The number of nitrogens with zero attached hydrogens (tertiary/aromatic N) is 1. The van der Waals surface area contributed by atoms with Gasteiger partial charge in [-0.3, -0.25) is 0 Å². The molecular formula is C14H19N3O3S. The van der Waals surface area contributed by atoms with Crippen LogP contribution in [0.3, 0.4) is 0 Å². The molecule has 7 heteroatoms. The molecular weight excluding hydrogens is 290 g/mol. The molecule has 1 amide bonds. The molecule has 1 saturated heterocycles. The average Bonchev–Trinajstić information content (AvgIpc) is 2.94. The van der Waals surface area contributed by atoms with Crippen molar-refractivity contribution in [2.75, 3.05) is 32.2 Å². The fourth-order valence-electron chi connectivity index (χ4n) is 2.43. The van der Waals surface area contributed by atoms with Crippen molar-refractivity contribution in [3.05, 3.63) is 23.8 Å². The molecule has 1 unspecified atom stereocenters. The van der Waals surface area contributed by atoms with E-state index in [0.717, 1.165) is 30.0 Å². The van der Waals surface area contributed by atoms with Crippen molar-refractivity contribution in [3.63, 3.8) is 0 Å². The summed E-state index contributed by atoms with van der Waals surface area (Å²) in [5.74, 6) is 0.745. The quantitative estimate of drug-likeness (QED) is 0.816. The van der Waals surface area contributed by atoms with Gasteiger partial charge in [0.25, 0.3) is 0 Å². The maximum Gasteiger partial charge on any atom is 0.407 e. The molecule has 21 heavy (non-hydrogen) atoms. The molecule has 1 atom stereocenters. The first-order valence-corrected chi connectivity index (χ1v) is 7.03. The monoisotopic (exact) mass is 309 g/mol. The second kappa shape index (κ2) is 6.62. The van der Waals surface area contributed by atoms with Gasteiger partial charge in [-0.2, -0.15) is 0 Å². The maximum atomic E-state index is 11.3. The minimum absolute atomic E-state index is 0.0443. The summed E-state index contributed by atoms with van der Waals surface area (Å²) in [5.41, 5.74) is 7.52. The summed E-state index contributed by atoms with van der Waals surface area (Å²) in [6.07, 6.45) is 0.422. The lowest BCUT2D eigenvalue weighted by Crippen LogP contribution is -2.37. The van der Waals surface area contributed by atoms with Crippen LogP contribution >= 0.6 is 12.2 Å². The number of amides is 1. The number of nitrogens with two attached hydrogens (primary N) is 1. The molecule has 1 aromatic rings. The lowest BCUT2D eigenvalue weighted by Gasteiger charge is -2.22. The first-order valence-electron chi connectivity index (χ1n) is 6.62. The van der Waals surface area contributed by atoms with Crippen LogP contribution in [0.4, 0.5) is 10.5 Å². The van der Waals surface area contributed by atoms with E-state index in [9.17, 15) is 4.79 Å². The van der Waals surface area contributed by atoms with Crippen molar-refractivity contribution in [3.8, 4) is 5.75 Å². The number of methoxy groups -OCH3 is 2. The van der Waals surface area contributed by atoms with E-state index in [1.54, 1.807) is 7.11 Å². The molecule has 3 N–H and O–H groups in total. The van der Waals surface area contributed by atoms with E-state index in [2.05, 4.69) is 15.0 Å². The predicted octanol–water partition coefficient (Wildman–Crippen LogP) is 1.26. The van der Waals surface area contributed by atoms with Crippen molar-refractivity contribution in [2.24, 2.45) is 5.73 Å². The zero-order valence-electron chi connectivity index (χ0n) is 12.1. The third kappa shape index (κ3) is 3.55. The van der Waals surface area contributed by atoms with Crippen LogP contribution in [0.25, 0.3) is 0 Å². The van der Waals surface area contributed by atoms with Gasteiger partial charge in [0.15, 0.2) is 0 Å². The lowest BCUT2D eigenvalue weighted by atomic mass is 10.1. The van der Waals surface area contributed by atoms with E-state index >= 15 is 0 Å². The number of nitrogens with one attached hydrogen (secondary N) is 1. The Morgan fingerprint density at radius 3 is 2.86 bits per heavy atom. The number of alkyl carbamates (subject to hydrolysis) is 1. The molecule has 1 aromatic carbocycles. The normalized spacial score (nSPS) is 17.4. The second-order valence-electron chi connectivity index (χ2n) is 4.81. The molecule has 0 aliphatic carbocycles. The summed E-state index contributed by atoms with van der Waals surface area (Å²) < 4.78 is 9.88. The van der Waals surface area contributed by atoms with Crippen molar-refractivity contribution < 1.29 is 14.3 Å². The van der Waals surface area contributed by atoms with E-state index in [4.69, 9.17) is 22.7 Å². The van der Waals surface area contributed by atoms with Crippen LogP contribution in [0, 0.1) is 0 Å². The summed E-state index contributed by atoms with van der Waals surface area (Å²) in [4.78, 5) is 13.8. The smallest absolute Gasteiger partial charge is 0.407 e. The first-order chi connectivity index (χ1) is 10.0. The first kappa shape index (κ1) is 15.4. The SMILES string of the molecule is COC(=O)NC1CCN(c2cc(OC)ccc2C(N)=S)C1. The molecule has 6 nitrogen and oxygen atoms in total. The molecule has 0 radical (unpaired) electrons. The molecule has 0 saturated carbocycles. The summed E-state index contributed by atoms with van der Waals surface area (Å²) >= 11 is 5.10. The van der Waals surface area contributed by atoms with Crippen molar-refractivity contribution in [1.82, 2.24) is 5.32 Å². The Balaban J connectivity index is 2.18. The molecule has 1 fully saturated rings. The topological polar surface area (TPSA) is 76.8 Å². The molecule has 114 valence electrons. The Kier molecular flexibility index (Phi) is 4.85. The van der Waals surface area contributed by atoms with Gasteiger partial charge >= 0.3 is 6.09 Å². The zero-order chi connectivity index (χ0) is 15.4. The van der Waals surface area contributed by atoms with E-state index in [-0.39, 0.29) is 6.04 Å². The molecule has 1 aliphatic heterocycles. The van der Waals surface area contributed by atoms with Crippen LogP contribution in [0.5, 0.6) is 5.75 Å².